The summed E-state index contributed by atoms with van der Waals surface area (Å²) in [6, 6.07) is 13.1. The maximum absolute atomic E-state index is 11.8. The maximum atomic E-state index is 11.8. The van der Waals surface area contributed by atoms with Crippen LogP contribution >= 0.6 is 0 Å². The smallest absolute Gasteiger partial charge is 0.311 e. The number of hydrogen-bond acceptors (Lipinski definition) is 3. The summed E-state index contributed by atoms with van der Waals surface area (Å²) in [4.78, 5) is 11.8. The normalized spacial score (nSPS) is 10.4. The molecule has 2 aromatic carbocycles. The molecule has 0 fully saturated rings. The van der Waals surface area contributed by atoms with Crippen LogP contribution in [0.3, 0.4) is 0 Å². The molecule has 0 aromatic heterocycles. The van der Waals surface area contributed by atoms with Crippen LogP contribution in [0.2, 0.25) is 0 Å². The average Bonchev–Trinajstić information content (AvgIpc) is 2.54. The standard InChI is InChI=1S/C19H21NO2/c1-2-3-4-5-6-7-19(21)22-18-11-10-16-12-15(14-20)8-9-17(16)13-18/h8-13H,2-7H2,1H3. The molecule has 0 aliphatic heterocycles. The minimum absolute atomic E-state index is 0.176. The highest BCUT2D eigenvalue weighted by atomic mass is 16.5. The second kappa shape index (κ2) is 8.19. The average molecular weight is 295 g/mol. The summed E-state index contributed by atoms with van der Waals surface area (Å²) in [5.74, 6) is 0.389. The van der Waals surface area contributed by atoms with Crippen molar-refractivity contribution >= 4 is 16.7 Å². The van der Waals surface area contributed by atoms with Crippen LogP contribution in [0.1, 0.15) is 51.0 Å². The highest BCUT2D eigenvalue weighted by Gasteiger charge is 2.06. The van der Waals surface area contributed by atoms with Crippen LogP contribution in [0.5, 0.6) is 5.75 Å². The van der Waals surface area contributed by atoms with Crippen LogP contribution in [-0.4, -0.2) is 5.97 Å². The largest absolute Gasteiger partial charge is 0.427 e. The van der Waals surface area contributed by atoms with Crippen molar-refractivity contribution < 1.29 is 9.53 Å². The predicted molar refractivity (Wildman–Crippen MR) is 87.7 cm³/mol. The lowest BCUT2D eigenvalue weighted by Gasteiger charge is -2.06. The Labute approximate surface area is 131 Å². The van der Waals surface area contributed by atoms with E-state index in [1.807, 2.05) is 24.3 Å². The van der Waals surface area contributed by atoms with Crippen LogP contribution in [-0.2, 0) is 4.79 Å². The second-order valence-corrected chi connectivity index (χ2v) is 5.47. The third kappa shape index (κ3) is 4.60. The van der Waals surface area contributed by atoms with Crippen molar-refractivity contribution in [2.75, 3.05) is 0 Å². The van der Waals surface area contributed by atoms with Crippen LogP contribution in [0.4, 0.5) is 0 Å². The van der Waals surface area contributed by atoms with E-state index in [2.05, 4.69) is 13.0 Å². The van der Waals surface area contributed by atoms with E-state index in [-0.39, 0.29) is 5.97 Å². The number of nitriles is 1. The van der Waals surface area contributed by atoms with E-state index < -0.39 is 0 Å². The van der Waals surface area contributed by atoms with E-state index in [1.165, 1.54) is 19.3 Å². The van der Waals surface area contributed by atoms with E-state index in [1.54, 1.807) is 12.1 Å². The summed E-state index contributed by atoms with van der Waals surface area (Å²) in [7, 11) is 0. The molecule has 22 heavy (non-hydrogen) atoms. The molecule has 3 nitrogen and oxygen atoms in total. The first-order valence-corrected chi connectivity index (χ1v) is 7.87. The van der Waals surface area contributed by atoms with Gasteiger partial charge in [0.15, 0.2) is 0 Å². The van der Waals surface area contributed by atoms with Crippen molar-refractivity contribution in [2.45, 2.75) is 45.4 Å². The van der Waals surface area contributed by atoms with Crippen molar-refractivity contribution in [1.82, 2.24) is 0 Å². The molecule has 0 saturated carbocycles. The Hall–Kier alpha value is -2.34. The van der Waals surface area contributed by atoms with Crippen molar-refractivity contribution in [3.05, 3.63) is 42.0 Å². The number of esters is 1. The molecule has 0 bridgehead atoms. The quantitative estimate of drug-likeness (QED) is 0.411. The summed E-state index contributed by atoms with van der Waals surface area (Å²) in [6.45, 7) is 2.17. The second-order valence-electron chi connectivity index (χ2n) is 5.47. The molecule has 0 spiro atoms. The Morgan fingerprint density at radius 3 is 2.55 bits per heavy atom. The number of benzene rings is 2. The van der Waals surface area contributed by atoms with Gasteiger partial charge in [-0.3, -0.25) is 4.79 Å². The lowest BCUT2D eigenvalue weighted by atomic mass is 10.1. The molecule has 0 unspecified atom stereocenters. The fraction of sp³-hybridized carbons (Fsp3) is 0.368. The van der Waals surface area contributed by atoms with Gasteiger partial charge in [0, 0.05) is 6.42 Å². The molecule has 2 rings (SSSR count). The topological polar surface area (TPSA) is 50.1 Å². The molecule has 0 amide bonds. The van der Waals surface area contributed by atoms with Crippen molar-refractivity contribution in [2.24, 2.45) is 0 Å². The Bertz CT molecular complexity index is 685. The third-order valence-corrected chi connectivity index (χ3v) is 3.66. The molecule has 0 radical (unpaired) electrons. The summed E-state index contributed by atoms with van der Waals surface area (Å²) in [5.41, 5.74) is 0.629. The van der Waals surface area contributed by atoms with E-state index in [0.29, 0.717) is 17.7 Å². The summed E-state index contributed by atoms with van der Waals surface area (Å²) in [5, 5.41) is 10.8. The number of fused-ring (bicyclic) bond motifs is 1. The molecule has 2 aromatic rings. The molecule has 0 N–H and O–H groups in total. The molecule has 0 aliphatic carbocycles. The molecule has 0 heterocycles. The minimum Gasteiger partial charge on any atom is -0.427 e. The maximum Gasteiger partial charge on any atom is 0.311 e. The molecular weight excluding hydrogens is 274 g/mol. The van der Waals surface area contributed by atoms with Crippen LogP contribution < -0.4 is 4.74 Å². The first kappa shape index (κ1) is 16.0. The van der Waals surface area contributed by atoms with Gasteiger partial charge in [-0.25, -0.2) is 0 Å². The third-order valence-electron chi connectivity index (χ3n) is 3.66. The Morgan fingerprint density at radius 1 is 1.05 bits per heavy atom. The number of carbonyl (C=O) groups excluding carboxylic acids is 1. The van der Waals surface area contributed by atoms with E-state index in [4.69, 9.17) is 10.00 Å². The Morgan fingerprint density at radius 2 is 1.77 bits per heavy atom. The van der Waals surface area contributed by atoms with Crippen molar-refractivity contribution in [3.63, 3.8) is 0 Å². The molecule has 0 saturated heterocycles. The van der Waals surface area contributed by atoms with Gasteiger partial charge in [0.1, 0.15) is 5.75 Å². The molecule has 0 atom stereocenters. The monoisotopic (exact) mass is 295 g/mol. The van der Waals surface area contributed by atoms with Gasteiger partial charge in [0.2, 0.25) is 0 Å². The SMILES string of the molecule is CCCCCCCC(=O)Oc1ccc2cc(C#N)ccc2c1. The number of hydrogen-bond donors (Lipinski definition) is 0. The molecule has 0 aliphatic rings. The van der Waals surface area contributed by atoms with Gasteiger partial charge >= 0.3 is 5.97 Å². The fourth-order valence-electron chi connectivity index (χ4n) is 2.41. The first-order valence-electron chi connectivity index (χ1n) is 7.87. The Balaban J connectivity index is 1.91. The van der Waals surface area contributed by atoms with Crippen LogP contribution in [0.25, 0.3) is 10.8 Å². The lowest BCUT2D eigenvalue weighted by molar-refractivity contribution is -0.134. The zero-order valence-electron chi connectivity index (χ0n) is 13.0. The van der Waals surface area contributed by atoms with Crippen molar-refractivity contribution in [1.29, 1.82) is 5.26 Å². The number of carbonyl (C=O) groups is 1. The number of rotatable bonds is 7. The molecule has 114 valence electrons. The Kier molecular flexibility index (Phi) is 5.97. The number of nitrogens with zero attached hydrogens (tertiary/aromatic N) is 1. The fourth-order valence-corrected chi connectivity index (χ4v) is 2.41. The van der Waals surface area contributed by atoms with Gasteiger partial charge in [-0.2, -0.15) is 5.26 Å². The van der Waals surface area contributed by atoms with Crippen molar-refractivity contribution in [3.8, 4) is 11.8 Å². The van der Waals surface area contributed by atoms with E-state index >= 15 is 0 Å². The zero-order chi connectivity index (χ0) is 15.8. The first-order chi connectivity index (χ1) is 10.7. The van der Waals surface area contributed by atoms with Crippen LogP contribution in [0, 0.1) is 11.3 Å². The molecular formula is C19H21NO2. The minimum atomic E-state index is -0.176. The van der Waals surface area contributed by atoms with E-state index in [9.17, 15) is 4.79 Å². The summed E-state index contributed by atoms with van der Waals surface area (Å²) in [6.07, 6.45) is 6.05. The van der Waals surface area contributed by atoms with Crippen LogP contribution in [0.15, 0.2) is 36.4 Å². The van der Waals surface area contributed by atoms with Gasteiger partial charge < -0.3 is 4.74 Å². The number of ether oxygens (including phenoxy) is 1. The highest BCUT2D eigenvalue weighted by Crippen LogP contribution is 2.22. The summed E-state index contributed by atoms with van der Waals surface area (Å²) >= 11 is 0. The summed E-state index contributed by atoms with van der Waals surface area (Å²) < 4.78 is 5.38. The number of unbranched alkanes of at least 4 members (excludes halogenated alkanes) is 4. The van der Waals surface area contributed by atoms with Gasteiger partial charge in [0.25, 0.3) is 0 Å². The molecule has 3 heteroatoms. The van der Waals surface area contributed by atoms with Gasteiger partial charge in [-0.1, -0.05) is 44.7 Å². The lowest BCUT2D eigenvalue weighted by Crippen LogP contribution is -2.07. The zero-order valence-corrected chi connectivity index (χ0v) is 13.0. The predicted octanol–water partition coefficient (Wildman–Crippen LogP) is 4.98. The highest BCUT2D eigenvalue weighted by molar-refractivity contribution is 5.86. The van der Waals surface area contributed by atoms with Gasteiger partial charge in [-0.05, 0) is 41.5 Å². The van der Waals surface area contributed by atoms with E-state index in [0.717, 1.165) is 23.6 Å². The van der Waals surface area contributed by atoms with Gasteiger partial charge in [0.05, 0.1) is 11.6 Å². The van der Waals surface area contributed by atoms with Gasteiger partial charge in [-0.15, -0.1) is 0 Å².